The molecule has 0 fully saturated rings. The maximum absolute atomic E-state index is 11.6. The highest BCUT2D eigenvalue weighted by atomic mass is 32.2. The molecule has 0 unspecified atom stereocenters. The lowest BCUT2D eigenvalue weighted by molar-refractivity contribution is -0.119. The fourth-order valence-electron chi connectivity index (χ4n) is 1.41. The molecule has 0 bridgehead atoms. The summed E-state index contributed by atoms with van der Waals surface area (Å²) in [5, 5.41) is 15.9. The van der Waals surface area contributed by atoms with Crippen molar-refractivity contribution in [3.63, 3.8) is 0 Å². The normalized spacial score (nSPS) is 14.3. The number of carbonyl (C=O) groups is 2. The van der Waals surface area contributed by atoms with E-state index in [1.165, 1.54) is 22.5 Å². The summed E-state index contributed by atoms with van der Waals surface area (Å²) in [5.74, 6) is -0.318. The van der Waals surface area contributed by atoms with Gasteiger partial charge in [0, 0.05) is 24.9 Å². The van der Waals surface area contributed by atoms with Crippen LogP contribution in [0.4, 0.5) is 0 Å². The number of rotatable bonds is 4. The highest BCUT2D eigenvalue weighted by molar-refractivity contribution is 8.14. The van der Waals surface area contributed by atoms with Crippen molar-refractivity contribution in [1.82, 2.24) is 15.1 Å². The van der Waals surface area contributed by atoms with Gasteiger partial charge in [-0.05, 0) is 6.07 Å². The van der Waals surface area contributed by atoms with Gasteiger partial charge in [-0.1, -0.05) is 11.8 Å². The Kier molecular flexibility index (Phi) is 3.98. The van der Waals surface area contributed by atoms with Crippen LogP contribution in [0.2, 0.25) is 0 Å². The summed E-state index contributed by atoms with van der Waals surface area (Å²) in [7, 11) is 0. The summed E-state index contributed by atoms with van der Waals surface area (Å²) in [5.41, 5.74) is -0.0221. The molecule has 0 spiro atoms. The Hall–Kier alpha value is -1.83. The minimum Gasteiger partial charge on any atom is -0.476 e. The second-order valence-corrected chi connectivity index (χ2v) is 4.69. The fourth-order valence-corrected chi connectivity index (χ4v) is 2.15. The molecular formula is C10H12N4O3S. The summed E-state index contributed by atoms with van der Waals surface area (Å²) in [6.45, 7) is 1.08. The molecule has 0 aliphatic carbocycles. The van der Waals surface area contributed by atoms with E-state index in [4.69, 9.17) is 5.11 Å². The van der Waals surface area contributed by atoms with E-state index in [2.05, 4.69) is 15.4 Å². The van der Waals surface area contributed by atoms with Gasteiger partial charge in [0.2, 0.25) is 5.91 Å². The number of thioether (sulfide) groups is 1. The molecule has 8 heteroatoms. The lowest BCUT2D eigenvalue weighted by Crippen LogP contribution is -2.28. The highest BCUT2D eigenvalue weighted by Gasteiger charge is 2.11. The second-order valence-electron chi connectivity index (χ2n) is 3.60. The monoisotopic (exact) mass is 268 g/mol. The number of aromatic nitrogens is 2. The Bertz CT molecular complexity index is 497. The fraction of sp³-hybridized carbons (Fsp3) is 0.400. The van der Waals surface area contributed by atoms with Crippen LogP contribution in [0, 0.1) is 0 Å². The highest BCUT2D eigenvalue weighted by Crippen LogP contribution is 2.08. The van der Waals surface area contributed by atoms with E-state index in [9.17, 15) is 9.59 Å². The molecule has 7 nitrogen and oxygen atoms in total. The van der Waals surface area contributed by atoms with E-state index in [0.29, 0.717) is 11.7 Å². The largest absolute Gasteiger partial charge is 0.476 e. The number of carboxylic acid groups (broad SMARTS) is 1. The van der Waals surface area contributed by atoms with Crippen molar-refractivity contribution in [2.24, 2.45) is 4.99 Å². The summed E-state index contributed by atoms with van der Waals surface area (Å²) in [6.07, 6.45) is 1.78. The van der Waals surface area contributed by atoms with Crippen LogP contribution in [0.15, 0.2) is 17.3 Å². The Labute approximate surface area is 107 Å². The number of amides is 1. The third kappa shape index (κ3) is 3.33. The lowest BCUT2D eigenvalue weighted by atomic mass is 10.4. The molecule has 1 aliphatic heterocycles. The van der Waals surface area contributed by atoms with Gasteiger partial charge in [-0.25, -0.2) is 4.79 Å². The van der Waals surface area contributed by atoms with Crippen LogP contribution in [0.5, 0.6) is 0 Å². The van der Waals surface area contributed by atoms with E-state index in [1.807, 2.05) is 0 Å². The Morgan fingerprint density at radius 1 is 1.56 bits per heavy atom. The zero-order valence-electron chi connectivity index (χ0n) is 9.50. The van der Waals surface area contributed by atoms with E-state index in [0.717, 1.165) is 12.3 Å². The van der Waals surface area contributed by atoms with Crippen LogP contribution >= 0.6 is 11.8 Å². The SMILES string of the molecule is O=C(CCn1ccc(C(=O)O)n1)NC1=NCCS1. The zero-order valence-corrected chi connectivity index (χ0v) is 10.3. The molecule has 1 aliphatic rings. The van der Waals surface area contributed by atoms with Crippen LogP contribution in [-0.4, -0.2) is 44.2 Å². The molecule has 2 N–H and O–H groups in total. The number of amidine groups is 1. The number of carbonyl (C=O) groups excluding carboxylic acids is 1. The minimum absolute atomic E-state index is 0.0221. The van der Waals surface area contributed by atoms with Crippen molar-refractivity contribution in [1.29, 1.82) is 0 Å². The maximum atomic E-state index is 11.6. The van der Waals surface area contributed by atoms with Crippen molar-refractivity contribution in [3.05, 3.63) is 18.0 Å². The molecule has 0 saturated heterocycles. The van der Waals surface area contributed by atoms with Gasteiger partial charge in [-0.2, -0.15) is 5.10 Å². The summed E-state index contributed by atoms with van der Waals surface area (Å²) in [4.78, 5) is 26.3. The predicted octanol–water partition coefficient (Wildman–Crippen LogP) is 0.190. The van der Waals surface area contributed by atoms with Gasteiger partial charge in [0.1, 0.15) is 0 Å². The van der Waals surface area contributed by atoms with Crippen LogP contribution in [0.25, 0.3) is 0 Å². The quantitative estimate of drug-likeness (QED) is 0.812. The van der Waals surface area contributed by atoms with Crippen molar-refractivity contribution in [3.8, 4) is 0 Å². The molecule has 96 valence electrons. The van der Waals surface area contributed by atoms with Crippen molar-refractivity contribution in [2.75, 3.05) is 12.3 Å². The standard InChI is InChI=1S/C10H12N4O3S/c15-8(12-10-11-3-6-18-10)2-5-14-4-1-7(13-14)9(16)17/h1,4H,2-3,5-6H2,(H,16,17)(H,11,12,15). The second kappa shape index (κ2) is 5.67. The Balaban J connectivity index is 1.79. The number of aliphatic imine (C=N–C) groups is 1. The summed E-state index contributed by atoms with van der Waals surface area (Å²) < 4.78 is 1.44. The van der Waals surface area contributed by atoms with Gasteiger partial charge in [-0.3, -0.25) is 14.5 Å². The molecule has 0 radical (unpaired) electrons. The average Bonchev–Trinajstić information content (AvgIpc) is 2.96. The van der Waals surface area contributed by atoms with Crippen LogP contribution in [0.1, 0.15) is 16.9 Å². The van der Waals surface area contributed by atoms with Gasteiger partial charge >= 0.3 is 5.97 Å². The first-order chi connectivity index (χ1) is 8.65. The number of hydrogen-bond donors (Lipinski definition) is 2. The average molecular weight is 268 g/mol. The van der Waals surface area contributed by atoms with Gasteiger partial charge < -0.3 is 10.4 Å². The topological polar surface area (TPSA) is 96.6 Å². The van der Waals surface area contributed by atoms with Crippen molar-refractivity contribution < 1.29 is 14.7 Å². The third-order valence-corrected chi connectivity index (χ3v) is 3.15. The van der Waals surface area contributed by atoms with Crippen LogP contribution in [0.3, 0.4) is 0 Å². The maximum Gasteiger partial charge on any atom is 0.356 e. The van der Waals surface area contributed by atoms with E-state index in [1.54, 1.807) is 6.20 Å². The third-order valence-electron chi connectivity index (χ3n) is 2.26. The summed E-state index contributed by atoms with van der Waals surface area (Å²) in [6, 6.07) is 1.40. The molecule has 0 aromatic carbocycles. The molecule has 1 aromatic heterocycles. The Morgan fingerprint density at radius 2 is 2.39 bits per heavy atom. The molecular weight excluding hydrogens is 256 g/mol. The minimum atomic E-state index is -1.07. The number of nitrogens with zero attached hydrogens (tertiary/aromatic N) is 3. The number of hydrogen-bond acceptors (Lipinski definition) is 5. The summed E-state index contributed by atoms with van der Waals surface area (Å²) >= 11 is 1.52. The molecule has 1 amide bonds. The van der Waals surface area contributed by atoms with E-state index in [-0.39, 0.29) is 18.0 Å². The number of aryl methyl sites for hydroxylation is 1. The van der Waals surface area contributed by atoms with Crippen molar-refractivity contribution >= 4 is 28.8 Å². The first-order valence-electron chi connectivity index (χ1n) is 5.39. The number of aromatic carboxylic acids is 1. The Morgan fingerprint density at radius 3 is 3.00 bits per heavy atom. The van der Waals surface area contributed by atoms with Crippen molar-refractivity contribution in [2.45, 2.75) is 13.0 Å². The molecule has 1 aromatic rings. The van der Waals surface area contributed by atoms with Crippen LogP contribution < -0.4 is 5.32 Å². The van der Waals surface area contributed by atoms with Crippen LogP contribution in [-0.2, 0) is 11.3 Å². The molecule has 18 heavy (non-hydrogen) atoms. The van der Waals surface area contributed by atoms with Gasteiger partial charge in [0.25, 0.3) is 0 Å². The molecule has 2 heterocycles. The smallest absolute Gasteiger partial charge is 0.356 e. The van der Waals surface area contributed by atoms with E-state index >= 15 is 0 Å². The van der Waals surface area contributed by atoms with Gasteiger partial charge in [0.05, 0.1) is 6.54 Å². The van der Waals surface area contributed by atoms with Gasteiger partial charge in [0.15, 0.2) is 10.9 Å². The molecule has 0 saturated carbocycles. The van der Waals surface area contributed by atoms with E-state index < -0.39 is 5.97 Å². The molecule has 2 rings (SSSR count). The zero-order chi connectivity index (χ0) is 13.0. The van der Waals surface area contributed by atoms with Gasteiger partial charge in [-0.15, -0.1) is 0 Å². The first kappa shape index (κ1) is 12.6. The predicted molar refractivity (Wildman–Crippen MR) is 66.7 cm³/mol. The number of carboxylic acids is 1. The lowest BCUT2D eigenvalue weighted by Gasteiger charge is -2.03. The number of nitrogens with one attached hydrogen (secondary N) is 1. The first-order valence-corrected chi connectivity index (χ1v) is 6.37. The molecule has 0 atom stereocenters.